The second-order valence-electron chi connectivity index (χ2n) is 4.22. The van der Waals surface area contributed by atoms with E-state index in [2.05, 4.69) is 5.32 Å². The van der Waals surface area contributed by atoms with Gasteiger partial charge >= 0.3 is 0 Å². The van der Waals surface area contributed by atoms with E-state index >= 15 is 0 Å². The molecule has 0 aromatic heterocycles. The van der Waals surface area contributed by atoms with Crippen LogP contribution in [0.1, 0.15) is 24.3 Å². The summed E-state index contributed by atoms with van der Waals surface area (Å²) in [6, 6.07) is 3.39. The molecule has 0 radical (unpaired) electrons. The maximum absolute atomic E-state index is 14.3. The van der Waals surface area contributed by atoms with Crippen LogP contribution in [-0.4, -0.2) is 27.3 Å². The molecule has 2 rings (SSSR count). The van der Waals surface area contributed by atoms with E-state index < -0.39 is 0 Å². The summed E-state index contributed by atoms with van der Waals surface area (Å²) in [5, 5.41) is 3.28. The van der Waals surface area contributed by atoms with Crippen LogP contribution in [0, 0.1) is 5.82 Å². The van der Waals surface area contributed by atoms with Crippen LogP contribution in [-0.2, 0) is 0 Å². The van der Waals surface area contributed by atoms with E-state index in [1.807, 2.05) is 0 Å². The molecule has 1 aromatic carbocycles. The van der Waals surface area contributed by atoms with Crippen molar-refractivity contribution in [3.63, 3.8) is 0 Å². The van der Waals surface area contributed by atoms with Gasteiger partial charge in [0, 0.05) is 5.56 Å². The molecule has 1 N–H and O–H groups in total. The van der Waals surface area contributed by atoms with Gasteiger partial charge in [-0.05, 0) is 44.0 Å². The molecule has 1 saturated heterocycles. The topological polar surface area (TPSA) is 30.5 Å². The highest BCUT2D eigenvalue weighted by atomic mass is 19.1. The Labute approximate surface area is 101 Å². The van der Waals surface area contributed by atoms with Crippen molar-refractivity contribution < 1.29 is 13.9 Å². The summed E-state index contributed by atoms with van der Waals surface area (Å²) in [6.07, 6.45) is 1.86. The zero-order valence-electron chi connectivity index (χ0n) is 10.3. The number of halogens is 1. The van der Waals surface area contributed by atoms with E-state index in [4.69, 9.17) is 9.47 Å². The van der Waals surface area contributed by atoms with Crippen LogP contribution in [0.15, 0.2) is 12.1 Å². The molecule has 17 heavy (non-hydrogen) atoms. The Balaban J connectivity index is 2.40. The molecule has 0 aliphatic carbocycles. The van der Waals surface area contributed by atoms with E-state index in [1.54, 1.807) is 19.2 Å². The normalized spacial score (nSPS) is 16.9. The van der Waals surface area contributed by atoms with Crippen LogP contribution in [0.2, 0.25) is 0 Å². The van der Waals surface area contributed by atoms with Gasteiger partial charge in [0.1, 0.15) is 5.75 Å². The summed E-state index contributed by atoms with van der Waals surface area (Å²) < 4.78 is 24.6. The Morgan fingerprint density at radius 1 is 1.12 bits per heavy atom. The second kappa shape index (κ2) is 5.36. The van der Waals surface area contributed by atoms with Gasteiger partial charge in [-0.3, -0.25) is 0 Å². The van der Waals surface area contributed by atoms with Gasteiger partial charge in [0.15, 0.2) is 11.6 Å². The predicted molar refractivity (Wildman–Crippen MR) is 64.3 cm³/mol. The molecule has 1 aromatic rings. The van der Waals surface area contributed by atoms with E-state index in [9.17, 15) is 4.39 Å². The Morgan fingerprint density at radius 2 is 1.71 bits per heavy atom. The molecule has 0 amide bonds. The van der Waals surface area contributed by atoms with Gasteiger partial charge in [-0.2, -0.15) is 0 Å². The van der Waals surface area contributed by atoms with Crippen LogP contribution >= 0.6 is 0 Å². The Hall–Kier alpha value is -1.29. The SMILES string of the molecule is COc1ccc(OC)c(C2CCNCC2)c1F. The van der Waals surface area contributed by atoms with Crippen molar-refractivity contribution in [2.24, 2.45) is 0 Å². The molecular formula is C13H18FNO2. The van der Waals surface area contributed by atoms with Crippen molar-refractivity contribution in [1.82, 2.24) is 5.32 Å². The third-order valence-electron chi connectivity index (χ3n) is 3.29. The lowest BCUT2D eigenvalue weighted by Gasteiger charge is -2.25. The first-order chi connectivity index (χ1) is 8.27. The van der Waals surface area contributed by atoms with E-state index in [1.165, 1.54) is 7.11 Å². The number of hydrogen-bond acceptors (Lipinski definition) is 3. The first-order valence-electron chi connectivity index (χ1n) is 5.89. The highest BCUT2D eigenvalue weighted by Gasteiger charge is 2.24. The Bertz CT molecular complexity index is 389. The second-order valence-corrected chi connectivity index (χ2v) is 4.22. The number of methoxy groups -OCH3 is 2. The van der Waals surface area contributed by atoms with Gasteiger partial charge < -0.3 is 14.8 Å². The minimum atomic E-state index is -0.279. The minimum Gasteiger partial charge on any atom is -0.496 e. The average Bonchev–Trinajstić information content (AvgIpc) is 2.39. The van der Waals surface area contributed by atoms with Gasteiger partial charge in [-0.1, -0.05) is 0 Å². The van der Waals surface area contributed by atoms with Gasteiger partial charge in [-0.15, -0.1) is 0 Å². The van der Waals surface area contributed by atoms with Crippen molar-refractivity contribution in [3.05, 3.63) is 23.5 Å². The maximum Gasteiger partial charge on any atom is 0.172 e. The van der Waals surface area contributed by atoms with Crippen LogP contribution in [0.4, 0.5) is 4.39 Å². The summed E-state index contributed by atoms with van der Waals surface area (Å²) in [4.78, 5) is 0. The number of piperidine rings is 1. The van der Waals surface area contributed by atoms with E-state index in [0.717, 1.165) is 25.9 Å². The van der Waals surface area contributed by atoms with E-state index in [-0.39, 0.29) is 11.7 Å². The van der Waals surface area contributed by atoms with Crippen molar-refractivity contribution in [3.8, 4) is 11.5 Å². The molecular weight excluding hydrogens is 221 g/mol. The largest absolute Gasteiger partial charge is 0.496 e. The zero-order valence-corrected chi connectivity index (χ0v) is 10.3. The molecule has 3 nitrogen and oxygen atoms in total. The quantitative estimate of drug-likeness (QED) is 0.878. The highest BCUT2D eigenvalue weighted by molar-refractivity contribution is 5.44. The van der Waals surface area contributed by atoms with Crippen LogP contribution < -0.4 is 14.8 Å². The summed E-state index contributed by atoms with van der Waals surface area (Å²) in [6.45, 7) is 1.84. The smallest absolute Gasteiger partial charge is 0.172 e. The van der Waals surface area contributed by atoms with Crippen molar-refractivity contribution in [2.45, 2.75) is 18.8 Å². The van der Waals surface area contributed by atoms with Crippen LogP contribution in [0.25, 0.3) is 0 Å². The number of benzene rings is 1. The molecule has 1 heterocycles. The Kier molecular flexibility index (Phi) is 3.84. The van der Waals surface area contributed by atoms with Gasteiger partial charge in [0.25, 0.3) is 0 Å². The lowest BCUT2D eigenvalue weighted by Crippen LogP contribution is -2.27. The molecule has 1 fully saturated rings. The summed E-state index contributed by atoms with van der Waals surface area (Å²) >= 11 is 0. The molecule has 1 aliphatic rings. The fourth-order valence-electron chi connectivity index (χ4n) is 2.38. The highest BCUT2D eigenvalue weighted by Crippen LogP contribution is 2.38. The Morgan fingerprint density at radius 3 is 2.29 bits per heavy atom. The van der Waals surface area contributed by atoms with E-state index in [0.29, 0.717) is 17.1 Å². The summed E-state index contributed by atoms with van der Waals surface area (Å²) in [5.74, 6) is 0.842. The summed E-state index contributed by atoms with van der Waals surface area (Å²) in [7, 11) is 3.06. The summed E-state index contributed by atoms with van der Waals surface area (Å²) in [5.41, 5.74) is 0.661. The van der Waals surface area contributed by atoms with Gasteiger partial charge in [0.2, 0.25) is 0 Å². The first-order valence-corrected chi connectivity index (χ1v) is 5.89. The lowest BCUT2D eigenvalue weighted by molar-refractivity contribution is 0.356. The third-order valence-corrected chi connectivity index (χ3v) is 3.29. The molecule has 0 saturated carbocycles. The van der Waals surface area contributed by atoms with Crippen LogP contribution in [0.3, 0.4) is 0 Å². The predicted octanol–water partition coefficient (Wildman–Crippen LogP) is 2.31. The molecule has 0 spiro atoms. The molecule has 94 valence electrons. The van der Waals surface area contributed by atoms with Gasteiger partial charge in [-0.25, -0.2) is 4.39 Å². The molecule has 0 unspecified atom stereocenters. The number of ether oxygens (including phenoxy) is 2. The number of rotatable bonds is 3. The first kappa shape index (κ1) is 12.2. The van der Waals surface area contributed by atoms with Crippen molar-refractivity contribution in [2.75, 3.05) is 27.3 Å². The van der Waals surface area contributed by atoms with Crippen molar-refractivity contribution >= 4 is 0 Å². The standard InChI is InChI=1S/C13H18FNO2/c1-16-10-3-4-11(17-2)13(14)12(10)9-5-7-15-8-6-9/h3-4,9,15H,5-8H2,1-2H3. The lowest BCUT2D eigenvalue weighted by atomic mass is 9.89. The maximum atomic E-state index is 14.3. The molecule has 1 aliphatic heterocycles. The number of nitrogens with one attached hydrogen (secondary N) is 1. The fourth-order valence-corrected chi connectivity index (χ4v) is 2.38. The molecule has 0 bridgehead atoms. The molecule has 0 atom stereocenters. The monoisotopic (exact) mass is 239 g/mol. The molecule has 4 heteroatoms. The zero-order chi connectivity index (χ0) is 12.3. The number of hydrogen-bond donors (Lipinski definition) is 1. The van der Waals surface area contributed by atoms with Gasteiger partial charge in [0.05, 0.1) is 14.2 Å². The third kappa shape index (κ3) is 2.36. The van der Waals surface area contributed by atoms with Crippen LogP contribution in [0.5, 0.6) is 11.5 Å². The average molecular weight is 239 g/mol. The fraction of sp³-hybridized carbons (Fsp3) is 0.538. The minimum absolute atomic E-state index is 0.210. The van der Waals surface area contributed by atoms with Crippen molar-refractivity contribution in [1.29, 1.82) is 0 Å².